The summed E-state index contributed by atoms with van der Waals surface area (Å²) in [6, 6.07) is 5.97. The zero-order chi connectivity index (χ0) is 12.6. The van der Waals surface area contributed by atoms with Gasteiger partial charge in [-0.1, -0.05) is 12.1 Å². The summed E-state index contributed by atoms with van der Waals surface area (Å²) in [6.07, 6.45) is 1.02. The van der Waals surface area contributed by atoms with Crippen LogP contribution in [0, 0.1) is 6.92 Å². The maximum atomic E-state index is 12.1. The number of amides is 1. The van der Waals surface area contributed by atoms with Gasteiger partial charge in [0.25, 0.3) is 0 Å². The molecule has 1 aliphatic heterocycles. The van der Waals surface area contributed by atoms with Crippen LogP contribution in [0.4, 0.5) is 5.69 Å². The predicted octanol–water partition coefficient (Wildman–Crippen LogP) is 2.57. The fourth-order valence-corrected chi connectivity index (χ4v) is 2.30. The van der Waals surface area contributed by atoms with Crippen LogP contribution in [0.15, 0.2) is 18.2 Å². The van der Waals surface area contributed by atoms with E-state index >= 15 is 0 Å². The SMILES string of the molecule is CC(=O)CCC1(C)C(=O)Nc2cc(C)ccc21. The number of ketones is 1. The molecule has 0 aliphatic carbocycles. The first kappa shape index (κ1) is 11.8. The van der Waals surface area contributed by atoms with Crippen LogP contribution >= 0.6 is 0 Å². The van der Waals surface area contributed by atoms with Crippen molar-refractivity contribution in [3.05, 3.63) is 29.3 Å². The molecule has 0 spiro atoms. The summed E-state index contributed by atoms with van der Waals surface area (Å²) in [5, 5.41) is 2.90. The van der Waals surface area contributed by atoms with E-state index in [0.717, 1.165) is 16.8 Å². The van der Waals surface area contributed by atoms with Gasteiger partial charge in [-0.2, -0.15) is 0 Å². The number of hydrogen-bond donors (Lipinski definition) is 1. The van der Waals surface area contributed by atoms with Gasteiger partial charge >= 0.3 is 0 Å². The van der Waals surface area contributed by atoms with Gasteiger partial charge in [0.2, 0.25) is 5.91 Å². The third-order valence-corrected chi connectivity index (χ3v) is 3.50. The van der Waals surface area contributed by atoms with Crippen LogP contribution in [0.1, 0.15) is 37.8 Å². The minimum absolute atomic E-state index is 0.000602. The van der Waals surface area contributed by atoms with Gasteiger partial charge in [0.05, 0.1) is 5.41 Å². The van der Waals surface area contributed by atoms with Gasteiger partial charge in [-0.25, -0.2) is 0 Å². The smallest absolute Gasteiger partial charge is 0.234 e. The zero-order valence-corrected chi connectivity index (χ0v) is 10.5. The first-order chi connectivity index (χ1) is 7.93. The van der Waals surface area contributed by atoms with Crippen molar-refractivity contribution in [1.29, 1.82) is 0 Å². The third kappa shape index (κ3) is 1.97. The summed E-state index contributed by atoms with van der Waals surface area (Å²) in [6.45, 7) is 5.47. The second kappa shape index (κ2) is 3.99. The molecule has 0 fully saturated rings. The van der Waals surface area contributed by atoms with Gasteiger partial charge in [0.1, 0.15) is 5.78 Å². The Morgan fingerprint density at radius 3 is 2.76 bits per heavy atom. The topological polar surface area (TPSA) is 46.2 Å². The summed E-state index contributed by atoms with van der Waals surface area (Å²) >= 11 is 0. The van der Waals surface area contributed by atoms with Gasteiger partial charge < -0.3 is 10.1 Å². The van der Waals surface area contributed by atoms with E-state index in [9.17, 15) is 9.59 Å². The summed E-state index contributed by atoms with van der Waals surface area (Å²) in [5.74, 6) is 0.124. The number of carbonyl (C=O) groups excluding carboxylic acids is 2. The minimum atomic E-state index is -0.561. The van der Waals surface area contributed by atoms with E-state index in [1.165, 1.54) is 0 Å². The van der Waals surface area contributed by atoms with E-state index in [1.54, 1.807) is 6.92 Å². The van der Waals surface area contributed by atoms with E-state index in [2.05, 4.69) is 5.32 Å². The lowest BCUT2D eigenvalue weighted by atomic mass is 9.79. The second-order valence-corrected chi connectivity index (χ2v) is 5.04. The van der Waals surface area contributed by atoms with Crippen LogP contribution in [-0.2, 0) is 15.0 Å². The molecule has 1 atom stereocenters. The molecule has 1 N–H and O–H groups in total. The number of nitrogens with one attached hydrogen (secondary N) is 1. The quantitative estimate of drug-likeness (QED) is 0.869. The Morgan fingerprint density at radius 2 is 2.12 bits per heavy atom. The largest absolute Gasteiger partial charge is 0.325 e. The van der Waals surface area contributed by atoms with Crippen molar-refractivity contribution in [2.45, 2.75) is 39.0 Å². The molecule has 0 aromatic heterocycles. The Hall–Kier alpha value is -1.64. The Morgan fingerprint density at radius 1 is 1.41 bits per heavy atom. The highest BCUT2D eigenvalue weighted by molar-refractivity contribution is 6.06. The molecule has 1 amide bonds. The number of rotatable bonds is 3. The molecule has 90 valence electrons. The molecular weight excluding hydrogens is 214 g/mol. The van der Waals surface area contributed by atoms with Crippen LogP contribution in [0.3, 0.4) is 0 Å². The summed E-state index contributed by atoms with van der Waals surface area (Å²) < 4.78 is 0. The first-order valence-corrected chi connectivity index (χ1v) is 5.85. The van der Waals surface area contributed by atoms with Crippen molar-refractivity contribution >= 4 is 17.4 Å². The molecule has 2 rings (SSSR count). The number of Topliss-reactive ketones (excluding diaryl/α,β-unsaturated/α-hetero) is 1. The van der Waals surface area contributed by atoms with Gasteiger partial charge in [-0.3, -0.25) is 4.79 Å². The van der Waals surface area contributed by atoms with Gasteiger partial charge in [-0.05, 0) is 44.4 Å². The van der Waals surface area contributed by atoms with Crippen molar-refractivity contribution in [3.63, 3.8) is 0 Å². The molecule has 17 heavy (non-hydrogen) atoms. The maximum Gasteiger partial charge on any atom is 0.234 e. The van der Waals surface area contributed by atoms with Crippen LogP contribution in [0.5, 0.6) is 0 Å². The molecule has 0 saturated heterocycles. The molecule has 1 aliphatic rings. The monoisotopic (exact) mass is 231 g/mol. The zero-order valence-electron chi connectivity index (χ0n) is 10.5. The number of anilines is 1. The molecule has 3 nitrogen and oxygen atoms in total. The van der Waals surface area contributed by atoms with Crippen LogP contribution in [-0.4, -0.2) is 11.7 Å². The molecular formula is C14H17NO2. The Labute approximate surface area is 101 Å². The minimum Gasteiger partial charge on any atom is -0.325 e. The molecule has 1 aromatic carbocycles. The lowest BCUT2D eigenvalue weighted by Gasteiger charge is -2.21. The molecule has 3 heteroatoms. The number of aryl methyl sites for hydroxylation is 1. The standard InChI is InChI=1S/C14H17NO2/c1-9-4-5-11-12(8-9)15-13(17)14(11,3)7-6-10(2)16/h4-5,8H,6-7H2,1-3H3,(H,15,17). The van der Waals surface area contributed by atoms with Crippen LogP contribution < -0.4 is 5.32 Å². The highest BCUT2D eigenvalue weighted by Crippen LogP contribution is 2.41. The van der Waals surface area contributed by atoms with Crippen molar-refractivity contribution < 1.29 is 9.59 Å². The molecule has 1 heterocycles. The average molecular weight is 231 g/mol. The van der Waals surface area contributed by atoms with E-state index in [4.69, 9.17) is 0 Å². The van der Waals surface area contributed by atoms with E-state index in [0.29, 0.717) is 12.8 Å². The average Bonchev–Trinajstić information content (AvgIpc) is 2.48. The van der Waals surface area contributed by atoms with Gasteiger partial charge in [0.15, 0.2) is 0 Å². The molecule has 1 unspecified atom stereocenters. The number of carbonyl (C=O) groups is 2. The number of hydrogen-bond acceptors (Lipinski definition) is 2. The normalized spacial score (nSPS) is 22.2. The highest BCUT2D eigenvalue weighted by Gasteiger charge is 2.42. The van der Waals surface area contributed by atoms with Crippen LogP contribution in [0.2, 0.25) is 0 Å². The van der Waals surface area contributed by atoms with Gasteiger partial charge in [0, 0.05) is 12.1 Å². The lowest BCUT2D eigenvalue weighted by molar-refractivity contribution is -0.121. The fraction of sp³-hybridized carbons (Fsp3) is 0.429. The summed E-state index contributed by atoms with van der Waals surface area (Å²) in [4.78, 5) is 23.1. The Balaban J connectivity index is 2.36. The first-order valence-electron chi connectivity index (χ1n) is 5.85. The fourth-order valence-electron chi connectivity index (χ4n) is 2.30. The lowest BCUT2D eigenvalue weighted by Crippen LogP contribution is -2.31. The predicted molar refractivity (Wildman–Crippen MR) is 67.1 cm³/mol. The highest BCUT2D eigenvalue weighted by atomic mass is 16.2. The van der Waals surface area contributed by atoms with Crippen LogP contribution in [0.25, 0.3) is 0 Å². The summed E-state index contributed by atoms with van der Waals surface area (Å²) in [5.41, 5.74) is 2.46. The van der Waals surface area contributed by atoms with Crippen molar-refractivity contribution in [2.24, 2.45) is 0 Å². The van der Waals surface area contributed by atoms with Crippen molar-refractivity contribution in [2.75, 3.05) is 5.32 Å². The Bertz CT molecular complexity index is 493. The second-order valence-electron chi connectivity index (χ2n) is 5.04. The van der Waals surface area contributed by atoms with E-state index in [1.807, 2.05) is 32.0 Å². The van der Waals surface area contributed by atoms with Crippen molar-refractivity contribution in [1.82, 2.24) is 0 Å². The molecule has 0 radical (unpaired) electrons. The Kier molecular flexibility index (Phi) is 2.77. The van der Waals surface area contributed by atoms with Crippen molar-refractivity contribution in [3.8, 4) is 0 Å². The number of benzene rings is 1. The van der Waals surface area contributed by atoms with E-state index in [-0.39, 0.29) is 11.7 Å². The third-order valence-electron chi connectivity index (χ3n) is 3.50. The molecule has 0 saturated carbocycles. The molecule has 1 aromatic rings. The summed E-state index contributed by atoms with van der Waals surface area (Å²) in [7, 11) is 0. The van der Waals surface area contributed by atoms with E-state index < -0.39 is 5.41 Å². The maximum absolute atomic E-state index is 12.1. The van der Waals surface area contributed by atoms with Gasteiger partial charge in [-0.15, -0.1) is 0 Å². The molecule has 0 bridgehead atoms. The number of fused-ring (bicyclic) bond motifs is 1.